The molecule has 1 amide bonds. The normalized spacial score (nSPS) is 36.3. The minimum atomic E-state index is -0.300. The molecule has 19 heavy (non-hydrogen) atoms. The van der Waals surface area contributed by atoms with E-state index in [-0.39, 0.29) is 11.5 Å². The lowest BCUT2D eigenvalue weighted by atomic mass is 9.73. The van der Waals surface area contributed by atoms with Crippen LogP contribution >= 0.6 is 0 Å². The molecular weight excluding hydrogens is 238 g/mol. The molecule has 0 aromatic heterocycles. The van der Waals surface area contributed by atoms with Crippen LogP contribution in [-0.2, 0) is 4.79 Å². The van der Waals surface area contributed by atoms with Crippen molar-refractivity contribution >= 4 is 5.91 Å². The molecule has 3 atom stereocenters. The van der Waals surface area contributed by atoms with Crippen molar-refractivity contribution in [2.24, 2.45) is 17.6 Å². The Balaban J connectivity index is 1.98. The first-order chi connectivity index (χ1) is 9.04. The summed E-state index contributed by atoms with van der Waals surface area (Å²) in [7, 11) is 1.98. The Morgan fingerprint density at radius 2 is 2.16 bits per heavy atom. The molecule has 1 aliphatic heterocycles. The van der Waals surface area contributed by atoms with Gasteiger partial charge in [0, 0.05) is 18.6 Å². The maximum absolute atomic E-state index is 12.7. The first-order valence-corrected chi connectivity index (χ1v) is 7.77. The summed E-state index contributed by atoms with van der Waals surface area (Å²) in [5.74, 6) is 0.954. The van der Waals surface area contributed by atoms with Gasteiger partial charge in [0.2, 0.25) is 5.91 Å². The number of likely N-dealkylation sites (tertiary alicyclic amines) is 1. The van der Waals surface area contributed by atoms with E-state index in [0.29, 0.717) is 11.8 Å². The van der Waals surface area contributed by atoms with Gasteiger partial charge in [-0.3, -0.25) is 4.79 Å². The van der Waals surface area contributed by atoms with Gasteiger partial charge in [-0.2, -0.15) is 0 Å². The summed E-state index contributed by atoms with van der Waals surface area (Å²) < 4.78 is 0. The third-order valence-electron chi connectivity index (χ3n) is 4.88. The number of carbonyl (C=O) groups excluding carboxylic acids is 1. The first kappa shape index (κ1) is 14.8. The molecule has 4 heteroatoms. The lowest BCUT2D eigenvalue weighted by Crippen LogP contribution is -2.55. The quantitative estimate of drug-likeness (QED) is 0.811. The summed E-state index contributed by atoms with van der Waals surface area (Å²) in [6.07, 6.45) is 6.63. The zero-order valence-corrected chi connectivity index (χ0v) is 12.5. The van der Waals surface area contributed by atoms with Crippen molar-refractivity contribution in [2.75, 3.05) is 26.7 Å². The van der Waals surface area contributed by atoms with E-state index in [4.69, 9.17) is 5.73 Å². The largest absolute Gasteiger partial charge is 0.342 e. The highest BCUT2D eigenvalue weighted by molar-refractivity contribution is 5.80. The average molecular weight is 267 g/mol. The molecule has 2 fully saturated rings. The van der Waals surface area contributed by atoms with Crippen molar-refractivity contribution in [3.63, 3.8) is 0 Å². The van der Waals surface area contributed by atoms with Gasteiger partial charge in [-0.25, -0.2) is 0 Å². The van der Waals surface area contributed by atoms with E-state index in [0.717, 1.165) is 45.3 Å². The number of nitrogens with zero attached hydrogens (tertiary/aromatic N) is 1. The molecule has 3 N–H and O–H groups in total. The van der Waals surface area contributed by atoms with E-state index < -0.39 is 0 Å². The van der Waals surface area contributed by atoms with Crippen LogP contribution in [0, 0.1) is 11.8 Å². The highest BCUT2D eigenvalue weighted by Crippen LogP contribution is 2.33. The summed E-state index contributed by atoms with van der Waals surface area (Å²) >= 11 is 0. The van der Waals surface area contributed by atoms with Crippen molar-refractivity contribution in [3.8, 4) is 0 Å². The van der Waals surface area contributed by atoms with E-state index in [1.165, 1.54) is 12.8 Å². The number of hydrogen-bond donors (Lipinski definition) is 2. The van der Waals surface area contributed by atoms with Crippen LogP contribution in [0.3, 0.4) is 0 Å². The van der Waals surface area contributed by atoms with Crippen LogP contribution in [-0.4, -0.2) is 43.0 Å². The number of rotatable bonds is 3. The van der Waals surface area contributed by atoms with Crippen LogP contribution < -0.4 is 11.1 Å². The Hall–Kier alpha value is -0.610. The van der Waals surface area contributed by atoms with Crippen LogP contribution in [0.25, 0.3) is 0 Å². The number of hydrogen-bond acceptors (Lipinski definition) is 3. The van der Waals surface area contributed by atoms with Gasteiger partial charge in [0.1, 0.15) is 0 Å². The Kier molecular flexibility index (Phi) is 4.85. The van der Waals surface area contributed by atoms with Crippen molar-refractivity contribution < 1.29 is 4.79 Å². The average Bonchev–Trinajstić information content (AvgIpc) is 2.38. The lowest BCUT2D eigenvalue weighted by molar-refractivity contribution is -0.140. The van der Waals surface area contributed by atoms with E-state index in [9.17, 15) is 4.79 Å². The third-order valence-corrected chi connectivity index (χ3v) is 4.88. The number of carbonyl (C=O) groups is 1. The molecule has 110 valence electrons. The van der Waals surface area contributed by atoms with Crippen molar-refractivity contribution in [2.45, 2.75) is 51.0 Å². The minimum Gasteiger partial charge on any atom is -0.342 e. The van der Waals surface area contributed by atoms with Crippen LogP contribution in [0.1, 0.15) is 45.4 Å². The molecule has 0 radical (unpaired) electrons. The van der Waals surface area contributed by atoms with E-state index >= 15 is 0 Å². The van der Waals surface area contributed by atoms with Crippen molar-refractivity contribution in [1.29, 1.82) is 0 Å². The number of nitrogens with two attached hydrogens (primary N) is 1. The lowest BCUT2D eigenvalue weighted by Gasteiger charge is -2.42. The van der Waals surface area contributed by atoms with E-state index in [1.54, 1.807) is 0 Å². The Morgan fingerprint density at radius 1 is 1.37 bits per heavy atom. The molecule has 0 spiro atoms. The molecule has 3 unspecified atom stereocenters. The van der Waals surface area contributed by atoms with Gasteiger partial charge in [-0.05, 0) is 52.1 Å². The third kappa shape index (κ3) is 3.48. The first-order valence-electron chi connectivity index (χ1n) is 7.77. The number of amides is 1. The highest BCUT2D eigenvalue weighted by atomic mass is 16.2. The van der Waals surface area contributed by atoms with Gasteiger partial charge in [-0.1, -0.05) is 12.8 Å². The fourth-order valence-corrected chi connectivity index (χ4v) is 3.70. The smallest absolute Gasteiger partial charge is 0.227 e. The topological polar surface area (TPSA) is 58.4 Å². The molecule has 0 aromatic rings. The van der Waals surface area contributed by atoms with Crippen LogP contribution in [0.15, 0.2) is 0 Å². The molecule has 2 rings (SSSR count). The fourth-order valence-electron chi connectivity index (χ4n) is 3.70. The van der Waals surface area contributed by atoms with Gasteiger partial charge in [0.15, 0.2) is 0 Å². The number of piperidine rings is 1. The van der Waals surface area contributed by atoms with Crippen LogP contribution in [0.2, 0.25) is 0 Å². The minimum absolute atomic E-state index is 0.0367. The van der Waals surface area contributed by atoms with Gasteiger partial charge >= 0.3 is 0 Å². The zero-order valence-electron chi connectivity index (χ0n) is 12.5. The van der Waals surface area contributed by atoms with Gasteiger partial charge in [0.05, 0.1) is 5.92 Å². The van der Waals surface area contributed by atoms with Gasteiger partial charge in [-0.15, -0.1) is 0 Å². The molecule has 0 bridgehead atoms. The Morgan fingerprint density at radius 3 is 2.84 bits per heavy atom. The molecule has 1 aliphatic carbocycles. The Labute approximate surface area is 117 Å². The molecule has 1 saturated carbocycles. The maximum Gasteiger partial charge on any atom is 0.227 e. The molecule has 4 nitrogen and oxygen atoms in total. The number of nitrogens with one attached hydrogen (secondary N) is 1. The predicted octanol–water partition coefficient (Wildman–Crippen LogP) is 1.35. The van der Waals surface area contributed by atoms with E-state index in [1.807, 2.05) is 7.05 Å². The molecule has 2 aliphatic rings. The highest BCUT2D eigenvalue weighted by Gasteiger charge is 2.40. The van der Waals surface area contributed by atoms with Crippen molar-refractivity contribution in [3.05, 3.63) is 0 Å². The predicted molar refractivity (Wildman–Crippen MR) is 77.8 cm³/mol. The summed E-state index contributed by atoms with van der Waals surface area (Å²) in [5.41, 5.74) is 6.06. The van der Waals surface area contributed by atoms with Crippen molar-refractivity contribution in [1.82, 2.24) is 10.2 Å². The summed E-state index contributed by atoms with van der Waals surface area (Å²) in [6.45, 7) is 4.90. The monoisotopic (exact) mass is 267 g/mol. The van der Waals surface area contributed by atoms with Crippen LogP contribution in [0.4, 0.5) is 0 Å². The molecule has 1 heterocycles. The molecule has 0 aromatic carbocycles. The summed E-state index contributed by atoms with van der Waals surface area (Å²) in [4.78, 5) is 14.8. The second kappa shape index (κ2) is 6.23. The molecule has 1 saturated heterocycles. The van der Waals surface area contributed by atoms with Gasteiger partial charge in [0.25, 0.3) is 0 Å². The second-order valence-corrected chi connectivity index (χ2v) is 6.65. The Bertz CT molecular complexity index is 315. The maximum atomic E-state index is 12.7. The zero-order chi connectivity index (χ0) is 13.9. The SMILES string of the molecule is CNCC1CCCN(C(=O)C2CCCCC2(C)N)C1. The molecular formula is C15H29N3O. The van der Waals surface area contributed by atoms with Gasteiger partial charge < -0.3 is 16.0 Å². The summed E-state index contributed by atoms with van der Waals surface area (Å²) in [6, 6.07) is 0. The summed E-state index contributed by atoms with van der Waals surface area (Å²) in [5, 5.41) is 3.23. The van der Waals surface area contributed by atoms with E-state index in [2.05, 4.69) is 17.1 Å². The fraction of sp³-hybridized carbons (Fsp3) is 0.933. The van der Waals surface area contributed by atoms with Crippen LogP contribution in [0.5, 0.6) is 0 Å². The second-order valence-electron chi connectivity index (χ2n) is 6.65. The standard InChI is InChI=1S/C15H29N3O/c1-15(16)8-4-3-7-13(15)14(19)18-9-5-6-12(11-18)10-17-2/h12-13,17H,3-11,16H2,1-2H3.